The topological polar surface area (TPSA) is 79.1 Å². The summed E-state index contributed by atoms with van der Waals surface area (Å²) < 4.78 is 5.73. The highest BCUT2D eigenvalue weighted by molar-refractivity contribution is 5.89. The largest absolute Gasteiger partial charge is 0.378 e. The zero-order valence-corrected chi connectivity index (χ0v) is 18.9. The highest BCUT2D eigenvalue weighted by Crippen LogP contribution is 2.50. The van der Waals surface area contributed by atoms with Gasteiger partial charge >= 0.3 is 0 Å². The summed E-state index contributed by atoms with van der Waals surface area (Å²) in [5, 5.41) is 0. The summed E-state index contributed by atoms with van der Waals surface area (Å²) in [4.78, 5) is 31.5. The summed E-state index contributed by atoms with van der Waals surface area (Å²) in [6.07, 6.45) is 2.98. The average Bonchev–Trinajstić information content (AvgIpc) is 3.13. The van der Waals surface area contributed by atoms with E-state index in [0.717, 1.165) is 13.1 Å². The maximum Gasteiger partial charge on any atom is 0.243 e. The van der Waals surface area contributed by atoms with Gasteiger partial charge < -0.3 is 20.3 Å². The summed E-state index contributed by atoms with van der Waals surface area (Å²) >= 11 is 0. The van der Waals surface area contributed by atoms with Gasteiger partial charge in [-0.25, -0.2) is 0 Å². The predicted molar refractivity (Wildman–Crippen MR) is 114 cm³/mol. The average molecular weight is 439 g/mol. The van der Waals surface area contributed by atoms with Gasteiger partial charge in [-0.1, -0.05) is 13.8 Å². The first kappa shape index (κ1) is 25.4. The Labute approximate surface area is 181 Å². The molecule has 0 aromatic carbocycles. The maximum atomic E-state index is 13.1. The van der Waals surface area contributed by atoms with Crippen molar-refractivity contribution >= 4 is 36.6 Å². The minimum atomic E-state index is -0.867. The number of halogens is 2. The van der Waals surface area contributed by atoms with Gasteiger partial charge in [0.1, 0.15) is 5.54 Å². The molecule has 0 radical (unpaired) electrons. The van der Waals surface area contributed by atoms with Gasteiger partial charge in [0.15, 0.2) is 0 Å². The molecule has 0 aromatic heterocycles. The minimum absolute atomic E-state index is 0. The van der Waals surface area contributed by atoms with Crippen molar-refractivity contribution < 1.29 is 14.3 Å². The van der Waals surface area contributed by atoms with E-state index in [-0.39, 0.29) is 48.1 Å². The molecule has 0 bridgehead atoms. The maximum absolute atomic E-state index is 13.1. The Kier molecular flexibility index (Phi) is 9.03. The number of nitrogens with two attached hydrogens (primary N) is 1. The number of ether oxygens (including phenoxy) is 1. The van der Waals surface area contributed by atoms with Crippen LogP contribution in [-0.4, -0.2) is 90.6 Å². The lowest BCUT2D eigenvalue weighted by molar-refractivity contribution is -0.180. The molecule has 2 atom stereocenters. The van der Waals surface area contributed by atoms with Crippen LogP contribution >= 0.6 is 24.8 Å². The van der Waals surface area contributed by atoms with Crippen LogP contribution in [0.3, 0.4) is 0 Å². The van der Waals surface area contributed by atoms with Crippen molar-refractivity contribution in [3.8, 4) is 0 Å². The van der Waals surface area contributed by atoms with Crippen LogP contribution in [-0.2, 0) is 14.3 Å². The Morgan fingerprint density at radius 2 is 1.54 bits per heavy atom. The molecule has 3 rings (SSSR count). The molecule has 164 valence electrons. The van der Waals surface area contributed by atoms with Crippen molar-refractivity contribution in [2.45, 2.75) is 51.7 Å². The van der Waals surface area contributed by atoms with Crippen LogP contribution in [0.4, 0.5) is 0 Å². The van der Waals surface area contributed by atoms with Crippen LogP contribution < -0.4 is 5.73 Å². The van der Waals surface area contributed by atoms with Crippen LogP contribution in [0.1, 0.15) is 40.0 Å². The van der Waals surface area contributed by atoms with Gasteiger partial charge in [-0.15, -0.1) is 24.8 Å². The third-order valence-electron chi connectivity index (χ3n) is 6.69. The van der Waals surface area contributed by atoms with Crippen molar-refractivity contribution in [3.63, 3.8) is 0 Å². The molecular formula is C19H36Cl2N4O3. The zero-order chi connectivity index (χ0) is 18.9. The Morgan fingerprint density at radius 1 is 1.00 bits per heavy atom. The van der Waals surface area contributed by atoms with E-state index in [2.05, 4.69) is 4.90 Å². The van der Waals surface area contributed by atoms with E-state index in [9.17, 15) is 9.59 Å². The third-order valence-corrected chi connectivity index (χ3v) is 6.69. The first-order chi connectivity index (χ1) is 12.3. The molecule has 9 heteroatoms. The molecule has 2 aliphatic heterocycles. The Bertz CT molecular complexity index is 549. The number of hydrogen-bond donors (Lipinski definition) is 1. The number of nitrogens with zero attached hydrogens (tertiary/aromatic N) is 3. The van der Waals surface area contributed by atoms with Gasteiger partial charge in [0, 0.05) is 44.6 Å². The second kappa shape index (κ2) is 9.94. The molecule has 2 N–H and O–H groups in total. The Hall–Kier alpha value is -0.600. The predicted octanol–water partition coefficient (Wildman–Crippen LogP) is 1.13. The van der Waals surface area contributed by atoms with Gasteiger partial charge in [0.25, 0.3) is 0 Å². The minimum Gasteiger partial charge on any atom is -0.378 e. The first-order valence-corrected chi connectivity index (χ1v) is 9.99. The fraction of sp³-hybridized carbons (Fsp3) is 0.895. The van der Waals surface area contributed by atoms with E-state index in [0.29, 0.717) is 45.8 Å². The molecule has 1 aliphatic carbocycles. The van der Waals surface area contributed by atoms with Crippen molar-refractivity contribution in [2.75, 3.05) is 52.4 Å². The number of carbonyl (C=O) groups is 2. The molecule has 1 saturated carbocycles. The summed E-state index contributed by atoms with van der Waals surface area (Å²) in [5.41, 5.74) is 5.28. The number of amides is 2. The molecule has 2 unspecified atom stereocenters. The number of piperazine rings is 1. The van der Waals surface area contributed by atoms with Crippen LogP contribution in [0, 0.1) is 5.41 Å². The van der Waals surface area contributed by atoms with Gasteiger partial charge in [-0.3, -0.25) is 14.5 Å². The zero-order valence-electron chi connectivity index (χ0n) is 17.3. The van der Waals surface area contributed by atoms with Crippen LogP contribution in [0.5, 0.6) is 0 Å². The lowest BCUT2D eigenvalue weighted by Crippen LogP contribution is -2.76. The van der Waals surface area contributed by atoms with Crippen molar-refractivity contribution in [1.82, 2.24) is 14.7 Å². The molecule has 0 spiro atoms. The first-order valence-electron chi connectivity index (χ1n) is 9.99. The van der Waals surface area contributed by atoms with E-state index in [1.807, 2.05) is 30.6 Å². The normalized spacial score (nSPS) is 29.5. The summed E-state index contributed by atoms with van der Waals surface area (Å²) in [6.45, 7) is 11.5. The second-order valence-corrected chi connectivity index (χ2v) is 8.50. The molecule has 2 saturated heterocycles. The molecule has 2 amide bonds. The van der Waals surface area contributed by atoms with Crippen LogP contribution in [0.2, 0.25) is 0 Å². The third kappa shape index (κ3) is 4.59. The molecule has 2 heterocycles. The number of carbonyl (C=O) groups excluding carboxylic acids is 2. The van der Waals surface area contributed by atoms with Crippen LogP contribution in [0.15, 0.2) is 0 Å². The van der Waals surface area contributed by atoms with Crippen molar-refractivity contribution in [1.29, 1.82) is 0 Å². The second-order valence-electron chi connectivity index (χ2n) is 8.50. The van der Waals surface area contributed by atoms with Gasteiger partial charge in [-0.2, -0.15) is 0 Å². The van der Waals surface area contributed by atoms with Gasteiger partial charge in [0.05, 0.1) is 12.6 Å². The number of rotatable bonds is 5. The van der Waals surface area contributed by atoms with E-state index in [4.69, 9.17) is 10.5 Å². The highest BCUT2D eigenvalue weighted by atomic mass is 35.5. The quantitative estimate of drug-likeness (QED) is 0.695. The number of likely N-dealkylation sites (tertiary alicyclic amines) is 1. The molecular weight excluding hydrogens is 403 g/mol. The highest BCUT2D eigenvalue weighted by Gasteiger charge is 2.63. The van der Waals surface area contributed by atoms with E-state index in [1.165, 1.54) is 12.8 Å². The SMILES string of the molecule is CCOC1CC(N)(C(=O)N2CCN(C(=O)CN3CCCC3)CC2)C1(C)C.Cl.Cl. The Balaban J connectivity index is 0.00000196. The fourth-order valence-electron chi connectivity index (χ4n) is 4.47. The monoisotopic (exact) mass is 438 g/mol. The fourth-order valence-corrected chi connectivity index (χ4v) is 4.47. The standard InChI is InChI=1S/C19H34N4O3.2ClH/c1-4-26-15-13-19(20,18(15,2)3)17(25)23-11-9-22(10-12-23)16(24)14-21-7-5-6-8-21;;/h15H,4-14,20H2,1-3H3;2*1H. The Morgan fingerprint density at radius 3 is 2.04 bits per heavy atom. The summed E-state index contributed by atoms with van der Waals surface area (Å²) in [6, 6.07) is 0. The smallest absolute Gasteiger partial charge is 0.243 e. The number of hydrogen-bond acceptors (Lipinski definition) is 5. The van der Waals surface area contributed by atoms with E-state index in [1.54, 1.807) is 0 Å². The van der Waals surface area contributed by atoms with E-state index >= 15 is 0 Å². The van der Waals surface area contributed by atoms with E-state index < -0.39 is 5.54 Å². The molecule has 3 fully saturated rings. The molecule has 3 aliphatic rings. The van der Waals surface area contributed by atoms with Crippen LogP contribution in [0.25, 0.3) is 0 Å². The lowest BCUT2D eigenvalue weighted by Gasteiger charge is -2.59. The lowest BCUT2D eigenvalue weighted by atomic mass is 9.54. The molecule has 0 aromatic rings. The van der Waals surface area contributed by atoms with Gasteiger partial charge in [0.2, 0.25) is 11.8 Å². The molecule has 28 heavy (non-hydrogen) atoms. The summed E-state index contributed by atoms with van der Waals surface area (Å²) in [5.74, 6) is 0.187. The summed E-state index contributed by atoms with van der Waals surface area (Å²) in [7, 11) is 0. The van der Waals surface area contributed by atoms with Crippen molar-refractivity contribution in [3.05, 3.63) is 0 Å². The van der Waals surface area contributed by atoms with Crippen molar-refractivity contribution in [2.24, 2.45) is 11.1 Å². The molecule has 7 nitrogen and oxygen atoms in total. The van der Waals surface area contributed by atoms with Gasteiger partial charge in [-0.05, 0) is 32.9 Å².